The van der Waals surface area contributed by atoms with Gasteiger partial charge in [-0.25, -0.2) is 9.18 Å². The maximum absolute atomic E-state index is 14.5. The lowest BCUT2D eigenvalue weighted by atomic mass is 9.77. The second kappa shape index (κ2) is 9.89. The summed E-state index contributed by atoms with van der Waals surface area (Å²) in [6.07, 6.45) is 0.917. The van der Waals surface area contributed by atoms with Crippen LogP contribution in [0, 0.1) is 5.82 Å². The Labute approximate surface area is 194 Å². The van der Waals surface area contributed by atoms with Crippen LogP contribution in [0.5, 0.6) is 0 Å². The van der Waals surface area contributed by atoms with Crippen molar-refractivity contribution in [3.05, 3.63) is 76.5 Å². The van der Waals surface area contributed by atoms with Crippen molar-refractivity contribution in [3.8, 4) is 0 Å². The lowest BCUT2D eigenvalue weighted by molar-refractivity contribution is 0.00578. The molecule has 0 unspecified atom stereocenters. The van der Waals surface area contributed by atoms with Gasteiger partial charge in [0.15, 0.2) is 5.78 Å². The fourth-order valence-corrected chi connectivity index (χ4v) is 3.22. The van der Waals surface area contributed by atoms with Gasteiger partial charge in [0.1, 0.15) is 12.4 Å². The summed E-state index contributed by atoms with van der Waals surface area (Å²) in [6, 6.07) is 13.5. The molecule has 0 aromatic heterocycles. The van der Waals surface area contributed by atoms with E-state index in [4.69, 9.17) is 14.0 Å². The second-order valence-electron chi connectivity index (χ2n) is 9.02. The van der Waals surface area contributed by atoms with Crippen LogP contribution < -0.4 is 5.32 Å². The van der Waals surface area contributed by atoms with Crippen LogP contribution in [-0.4, -0.2) is 36.7 Å². The van der Waals surface area contributed by atoms with E-state index in [1.165, 1.54) is 25.1 Å². The predicted molar refractivity (Wildman–Crippen MR) is 125 cm³/mol. The van der Waals surface area contributed by atoms with Crippen LogP contribution in [0.4, 0.5) is 9.18 Å². The van der Waals surface area contributed by atoms with Gasteiger partial charge in [0.2, 0.25) is 0 Å². The van der Waals surface area contributed by atoms with Gasteiger partial charge in [0.25, 0.3) is 0 Å². The average molecular weight is 453 g/mol. The topological polar surface area (TPSA) is 73.9 Å². The highest BCUT2D eigenvalue weighted by Crippen LogP contribution is 2.38. The highest BCUT2D eigenvalue weighted by Gasteiger charge is 2.52. The van der Waals surface area contributed by atoms with Gasteiger partial charge in [-0.3, -0.25) is 4.79 Å². The van der Waals surface area contributed by atoms with E-state index in [9.17, 15) is 14.0 Å². The van der Waals surface area contributed by atoms with Gasteiger partial charge in [-0.05, 0) is 63.9 Å². The molecule has 1 fully saturated rings. The van der Waals surface area contributed by atoms with Crippen molar-refractivity contribution < 1.29 is 28.0 Å². The Morgan fingerprint density at radius 2 is 1.70 bits per heavy atom. The molecule has 1 N–H and O–H groups in total. The molecule has 0 aliphatic carbocycles. The number of amides is 1. The Balaban J connectivity index is 1.81. The summed E-state index contributed by atoms with van der Waals surface area (Å²) in [4.78, 5) is 24.1. The van der Waals surface area contributed by atoms with Gasteiger partial charge in [0.05, 0.1) is 11.2 Å². The Bertz CT molecular complexity index is 1040. The summed E-state index contributed by atoms with van der Waals surface area (Å²) in [7, 11) is -0.815. The number of ketones is 1. The van der Waals surface area contributed by atoms with Crippen LogP contribution in [0.1, 0.15) is 56.1 Å². The molecule has 1 saturated heterocycles. The third-order valence-electron chi connectivity index (χ3n) is 5.95. The molecule has 0 atom stereocenters. The van der Waals surface area contributed by atoms with Crippen molar-refractivity contribution in [2.75, 3.05) is 6.54 Å². The molecule has 0 saturated carbocycles. The van der Waals surface area contributed by atoms with Crippen molar-refractivity contribution in [1.82, 2.24) is 5.32 Å². The third kappa shape index (κ3) is 6.09. The van der Waals surface area contributed by atoms with E-state index in [1.807, 2.05) is 58.0 Å². The minimum Gasteiger partial charge on any atom is -0.445 e. The highest BCUT2D eigenvalue weighted by atomic mass is 19.1. The number of hydrogen-bond donors (Lipinski definition) is 1. The zero-order valence-electron chi connectivity index (χ0n) is 19.6. The summed E-state index contributed by atoms with van der Waals surface area (Å²) < 4.78 is 32.0. The molecule has 0 spiro atoms. The number of carbonyl (C=O) groups excluding carboxylic acids is 2. The average Bonchev–Trinajstić information content (AvgIpc) is 2.98. The fraction of sp³-hybridized carbons (Fsp3) is 0.360. The van der Waals surface area contributed by atoms with E-state index in [0.717, 1.165) is 5.56 Å². The molecule has 0 bridgehead atoms. The van der Waals surface area contributed by atoms with Crippen LogP contribution in [-0.2, 0) is 20.7 Å². The third-order valence-corrected chi connectivity index (χ3v) is 5.95. The van der Waals surface area contributed by atoms with Crippen LogP contribution in [0.15, 0.2) is 54.0 Å². The molecular formula is C25H29BFNO5. The lowest BCUT2D eigenvalue weighted by Crippen LogP contribution is -2.41. The first-order valence-corrected chi connectivity index (χ1v) is 10.8. The SMILES string of the molecule is CC(=O)c1ccc(F)c(C=C(CNC(=O)OCc2ccccc2)B2OC(C)(C)C(C)(C)O2)c1. The van der Waals surface area contributed by atoms with E-state index >= 15 is 0 Å². The molecule has 3 rings (SSSR count). The number of nitrogens with one attached hydrogen (secondary N) is 1. The maximum Gasteiger partial charge on any atom is 0.492 e. The lowest BCUT2D eigenvalue weighted by Gasteiger charge is -2.32. The monoisotopic (exact) mass is 453 g/mol. The summed E-state index contributed by atoms with van der Waals surface area (Å²) in [5, 5.41) is 2.68. The number of carbonyl (C=O) groups is 2. The number of alkyl carbamates (subject to hydrolysis) is 1. The van der Waals surface area contributed by atoms with Crippen molar-refractivity contribution in [1.29, 1.82) is 0 Å². The van der Waals surface area contributed by atoms with E-state index in [1.54, 1.807) is 6.08 Å². The summed E-state index contributed by atoms with van der Waals surface area (Å²) in [6.45, 7) is 9.17. The number of rotatable bonds is 7. The van der Waals surface area contributed by atoms with E-state index < -0.39 is 30.2 Å². The maximum atomic E-state index is 14.5. The molecule has 174 valence electrons. The molecule has 1 heterocycles. The zero-order chi connectivity index (χ0) is 24.2. The van der Waals surface area contributed by atoms with Crippen molar-refractivity contribution in [3.63, 3.8) is 0 Å². The molecular weight excluding hydrogens is 424 g/mol. The zero-order valence-corrected chi connectivity index (χ0v) is 19.6. The van der Waals surface area contributed by atoms with Gasteiger partial charge in [-0.15, -0.1) is 0 Å². The highest BCUT2D eigenvalue weighted by molar-refractivity contribution is 6.56. The first-order chi connectivity index (χ1) is 15.5. The van der Waals surface area contributed by atoms with Crippen LogP contribution in [0.2, 0.25) is 0 Å². The Hall–Kier alpha value is -2.97. The number of benzene rings is 2. The summed E-state index contributed by atoms with van der Waals surface area (Å²) in [5.74, 6) is -0.676. The second-order valence-corrected chi connectivity index (χ2v) is 9.02. The normalized spacial score (nSPS) is 17.0. The first-order valence-electron chi connectivity index (χ1n) is 10.8. The number of Topliss-reactive ketones (excluding diaryl/α,β-unsaturated/α-hetero) is 1. The molecule has 0 radical (unpaired) electrons. The Morgan fingerprint density at radius 3 is 2.30 bits per heavy atom. The smallest absolute Gasteiger partial charge is 0.445 e. The Morgan fingerprint density at radius 1 is 1.06 bits per heavy atom. The molecule has 2 aromatic rings. The first kappa shape index (κ1) is 24.7. The van der Waals surface area contributed by atoms with Gasteiger partial charge in [-0.1, -0.05) is 36.4 Å². The number of ether oxygens (including phenoxy) is 1. The largest absolute Gasteiger partial charge is 0.492 e. The molecule has 33 heavy (non-hydrogen) atoms. The summed E-state index contributed by atoms with van der Waals surface area (Å²) >= 11 is 0. The molecule has 6 nitrogen and oxygen atoms in total. The van der Waals surface area contributed by atoms with Gasteiger partial charge in [0, 0.05) is 17.7 Å². The van der Waals surface area contributed by atoms with Crippen molar-refractivity contribution >= 4 is 25.1 Å². The summed E-state index contributed by atoms with van der Waals surface area (Å²) in [5.41, 5.74) is 0.690. The van der Waals surface area contributed by atoms with Crippen LogP contribution >= 0.6 is 0 Å². The van der Waals surface area contributed by atoms with Gasteiger partial charge >= 0.3 is 13.2 Å². The molecule has 2 aromatic carbocycles. The van der Waals surface area contributed by atoms with Gasteiger partial charge < -0.3 is 19.4 Å². The number of halogens is 1. The van der Waals surface area contributed by atoms with Crippen molar-refractivity contribution in [2.45, 2.75) is 52.4 Å². The molecule has 1 aliphatic rings. The van der Waals surface area contributed by atoms with E-state index in [-0.39, 0.29) is 24.5 Å². The standard InChI is InChI=1S/C25H29BFNO5/c1-17(29)19-11-12-22(27)20(13-19)14-21(26-32-24(2,3)25(4,5)33-26)15-28-23(30)31-16-18-9-7-6-8-10-18/h6-14H,15-16H2,1-5H3,(H,28,30). The van der Waals surface area contributed by atoms with Crippen LogP contribution in [0.25, 0.3) is 6.08 Å². The quantitative estimate of drug-likeness (QED) is 0.474. The molecule has 1 amide bonds. The molecule has 1 aliphatic heterocycles. The molecule has 8 heteroatoms. The minimum atomic E-state index is -0.815. The fourth-order valence-electron chi connectivity index (χ4n) is 3.22. The van der Waals surface area contributed by atoms with Gasteiger partial charge in [-0.2, -0.15) is 0 Å². The van der Waals surface area contributed by atoms with Crippen LogP contribution in [0.3, 0.4) is 0 Å². The van der Waals surface area contributed by atoms with E-state index in [0.29, 0.717) is 11.0 Å². The minimum absolute atomic E-state index is 0.00812. The van der Waals surface area contributed by atoms with E-state index in [2.05, 4.69) is 5.32 Å². The Kier molecular flexibility index (Phi) is 7.39. The number of hydrogen-bond acceptors (Lipinski definition) is 5. The van der Waals surface area contributed by atoms with Crippen molar-refractivity contribution in [2.24, 2.45) is 0 Å². The predicted octanol–water partition coefficient (Wildman–Crippen LogP) is 4.97.